The molecule has 6 aromatic heterocycles. The first kappa shape index (κ1) is 99.9. The SMILES string of the molecule is CC.CC.CC.CC.CC.CC.c1ccc(N(c2ccc3ccccc3n2)c2ccc3ccc4c(N(c5ccccc5)c5ccc6ccccc6n5)ccc5ccc2c3c54)cc1.c1ccc(N(c2cccnc2)c2ccc3ccc4c(N(c5ccccc5)c5cccnc5)ccc5ccc2c3c54)cc1.c1ccc(N(c2ccncc2)c2ccc3ccc4c(N(c5ccccc5)c5nccc6ccccc56)ccc5ccc2c3c54)cc1. The van der Waals surface area contributed by atoms with Gasteiger partial charge in [0.15, 0.2) is 0 Å². The summed E-state index contributed by atoms with van der Waals surface area (Å²) in [6, 6.07) is 165. The van der Waals surface area contributed by atoms with Crippen molar-refractivity contribution in [1.82, 2.24) is 29.9 Å². The van der Waals surface area contributed by atoms with Crippen molar-refractivity contribution in [2.45, 2.75) is 83.1 Å². The Kier molecular flexibility index (Phi) is 31.3. The van der Waals surface area contributed by atoms with Gasteiger partial charge in [-0.05, 0) is 258 Å². The highest BCUT2D eigenvalue weighted by Crippen LogP contribution is 2.53. The molecule has 0 saturated carbocycles. The van der Waals surface area contributed by atoms with Crippen LogP contribution in [0.3, 0.4) is 0 Å². The largest absolute Gasteiger partial charge is 0.310 e. The van der Waals surface area contributed by atoms with Crippen LogP contribution >= 0.6 is 0 Å². The van der Waals surface area contributed by atoms with E-state index < -0.39 is 0 Å². The summed E-state index contributed by atoms with van der Waals surface area (Å²) in [5, 5.41) is 26.4. The molecule has 27 aromatic rings. The van der Waals surface area contributed by atoms with Crippen molar-refractivity contribution in [2.75, 3.05) is 29.4 Å². The van der Waals surface area contributed by atoms with Crippen LogP contribution < -0.4 is 29.4 Å². The molecular weight excluding hydrogens is 1830 g/mol. The summed E-state index contributed by atoms with van der Waals surface area (Å²) in [6.45, 7) is 24.0. The molecule has 0 N–H and O–H groups in total. The van der Waals surface area contributed by atoms with E-state index in [0.29, 0.717) is 0 Å². The van der Waals surface area contributed by atoms with Crippen molar-refractivity contribution >= 4 is 232 Å². The monoisotopic (exact) mass is 1940 g/mol. The molecular formula is C138H120N12. The summed E-state index contributed by atoms with van der Waals surface area (Å²) in [5.41, 5.74) is 18.1. The first-order chi connectivity index (χ1) is 74.5. The van der Waals surface area contributed by atoms with Crippen LogP contribution in [-0.4, -0.2) is 29.9 Å². The maximum absolute atomic E-state index is 5.18. The van der Waals surface area contributed by atoms with Crippen molar-refractivity contribution in [2.24, 2.45) is 0 Å². The van der Waals surface area contributed by atoms with Crippen LogP contribution in [-0.2, 0) is 0 Å². The zero-order chi connectivity index (χ0) is 103. The lowest BCUT2D eigenvalue weighted by molar-refractivity contribution is 1.21. The molecule has 732 valence electrons. The van der Waals surface area contributed by atoms with Gasteiger partial charge in [-0.2, -0.15) is 0 Å². The third-order valence-corrected chi connectivity index (χ3v) is 26.6. The summed E-state index contributed by atoms with van der Waals surface area (Å²) in [4.78, 5) is 42.4. The highest BCUT2D eigenvalue weighted by Gasteiger charge is 2.29. The topological polar surface area (TPSA) is 96.8 Å². The molecule has 27 rings (SSSR count). The van der Waals surface area contributed by atoms with E-state index in [0.717, 1.165) is 135 Å². The van der Waals surface area contributed by atoms with Crippen molar-refractivity contribution in [3.05, 3.63) is 510 Å². The Labute approximate surface area is 879 Å². The van der Waals surface area contributed by atoms with Gasteiger partial charge in [0.2, 0.25) is 0 Å². The normalized spacial score (nSPS) is 10.8. The Hall–Kier alpha value is -18.8. The number of fused-ring (bicyclic) bond motifs is 3. The second-order valence-electron chi connectivity index (χ2n) is 34.5. The van der Waals surface area contributed by atoms with Gasteiger partial charge in [-0.3, -0.25) is 29.7 Å². The molecule has 12 nitrogen and oxygen atoms in total. The number of aromatic nitrogens is 6. The molecule has 6 heterocycles. The second-order valence-corrected chi connectivity index (χ2v) is 34.5. The van der Waals surface area contributed by atoms with Crippen LogP contribution in [0.15, 0.2) is 510 Å². The molecule has 0 saturated heterocycles. The maximum Gasteiger partial charge on any atom is 0.145 e. The van der Waals surface area contributed by atoms with Crippen molar-refractivity contribution < 1.29 is 0 Å². The van der Waals surface area contributed by atoms with Gasteiger partial charge < -0.3 is 14.7 Å². The fourth-order valence-corrected chi connectivity index (χ4v) is 20.5. The molecule has 0 aliphatic rings. The van der Waals surface area contributed by atoms with Gasteiger partial charge in [-0.25, -0.2) is 15.0 Å². The van der Waals surface area contributed by atoms with Crippen molar-refractivity contribution in [3.63, 3.8) is 0 Å². The number of benzene rings is 21. The predicted octanol–water partition coefficient (Wildman–Crippen LogP) is 40.6. The van der Waals surface area contributed by atoms with Crippen LogP contribution in [0.1, 0.15) is 83.1 Å². The third-order valence-electron chi connectivity index (χ3n) is 26.6. The highest BCUT2D eigenvalue weighted by molar-refractivity contribution is 6.32. The molecule has 0 unspecified atom stereocenters. The van der Waals surface area contributed by atoms with E-state index in [4.69, 9.17) is 15.0 Å². The van der Waals surface area contributed by atoms with Crippen LogP contribution in [0.5, 0.6) is 0 Å². The first-order valence-corrected chi connectivity index (χ1v) is 52.5. The maximum atomic E-state index is 5.18. The smallest absolute Gasteiger partial charge is 0.145 e. The lowest BCUT2D eigenvalue weighted by atomic mass is 9.91. The van der Waals surface area contributed by atoms with Gasteiger partial charge in [-0.1, -0.05) is 362 Å². The Morgan fingerprint density at radius 3 is 0.700 bits per heavy atom. The predicted molar refractivity (Wildman–Crippen MR) is 646 cm³/mol. The van der Waals surface area contributed by atoms with Crippen LogP contribution in [0.4, 0.5) is 103 Å². The number of hydrogen-bond donors (Lipinski definition) is 0. The molecule has 12 heteroatoms. The van der Waals surface area contributed by atoms with E-state index in [9.17, 15) is 0 Å². The van der Waals surface area contributed by atoms with E-state index in [-0.39, 0.29) is 0 Å². The van der Waals surface area contributed by atoms with Crippen molar-refractivity contribution in [3.8, 4) is 0 Å². The van der Waals surface area contributed by atoms with Gasteiger partial charge in [0.25, 0.3) is 0 Å². The van der Waals surface area contributed by atoms with Gasteiger partial charge >= 0.3 is 0 Å². The third kappa shape index (κ3) is 19.5. The molecule has 0 fully saturated rings. The summed E-state index contributed by atoms with van der Waals surface area (Å²) in [5.74, 6) is 2.67. The Bertz CT molecular complexity index is 8640. The fraction of sp³-hybridized carbons (Fsp3) is 0.0870. The van der Waals surface area contributed by atoms with Crippen LogP contribution in [0.2, 0.25) is 0 Å². The number of nitrogens with zero attached hydrogens (tertiary/aromatic N) is 12. The molecule has 21 aromatic carbocycles. The van der Waals surface area contributed by atoms with Crippen LogP contribution in [0, 0.1) is 0 Å². The summed E-state index contributed by atoms with van der Waals surface area (Å²) in [7, 11) is 0. The lowest BCUT2D eigenvalue weighted by Gasteiger charge is -2.29. The summed E-state index contributed by atoms with van der Waals surface area (Å²) >= 11 is 0. The molecule has 0 aliphatic heterocycles. The summed E-state index contributed by atoms with van der Waals surface area (Å²) < 4.78 is 0. The minimum Gasteiger partial charge on any atom is -0.310 e. The number of rotatable bonds is 18. The summed E-state index contributed by atoms with van der Waals surface area (Å²) in [6.07, 6.45) is 13.1. The van der Waals surface area contributed by atoms with Gasteiger partial charge in [0.1, 0.15) is 17.5 Å². The lowest BCUT2D eigenvalue weighted by Crippen LogP contribution is -2.13. The standard InChI is InChI=1S/C46H30N4.C42H28N4.C38H26N4.6C2H6/c1-3-13-35(14-4-1)49(43-29-23-31-11-7-9-17-39(31)47-43)41-27-21-33-20-26-38-42(28-22-34-19-25-37(41)45(33)46(34)38)50(36-15-5-2-6-16-36)44-30-24-32-12-8-10-18-40(32)48-44;1-3-10-32(11-4-1)45(34-24-26-43-27-25-34)38-21-17-30-16-20-37-39(22-18-31-15-19-36(38)40(30)41(31)37)46(33-12-5-2-6-13-33)42-35-14-8-7-9-29(35)23-28-44-42;1-3-9-29(10-4-1)41(31-13-7-23-39-25-31)35-21-17-27-16-20-34-36(22-18-28-15-19-33(35)37(27)38(28)34)42(30-11-5-2-6-12-30)32-14-8-24-40-26-32;6*1-2/h1-30H;1-28H;1-26H;6*1-2H3. The second kappa shape index (κ2) is 46.9. The molecule has 0 atom stereocenters. The fourth-order valence-electron chi connectivity index (χ4n) is 20.5. The number of anilines is 18. The zero-order valence-electron chi connectivity index (χ0n) is 86.9. The Balaban J connectivity index is 0.000000135. The number of hydrogen-bond acceptors (Lipinski definition) is 12. The minimum absolute atomic E-state index is 0.878. The van der Waals surface area contributed by atoms with Crippen LogP contribution in [0.25, 0.3) is 130 Å². The Morgan fingerprint density at radius 1 is 0.147 bits per heavy atom. The molecule has 0 bridgehead atoms. The van der Waals surface area contributed by atoms with E-state index >= 15 is 0 Å². The van der Waals surface area contributed by atoms with Gasteiger partial charge in [-0.15, -0.1) is 0 Å². The van der Waals surface area contributed by atoms with E-state index in [1.165, 1.54) is 97.0 Å². The quantitative estimate of drug-likeness (QED) is 0.0766. The number of pyridine rings is 6. The highest BCUT2D eigenvalue weighted by atomic mass is 15.2. The molecule has 0 radical (unpaired) electrons. The van der Waals surface area contributed by atoms with E-state index in [1.807, 2.05) is 151 Å². The number of para-hydroxylation sites is 8. The van der Waals surface area contributed by atoms with E-state index in [2.05, 4.69) is 487 Å². The zero-order valence-corrected chi connectivity index (χ0v) is 86.9. The average Bonchev–Trinajstić information content (AvgIpc) is 0.727. The molecule has 150 heavy (non-hydrogen) atoms. The molecule has 0 aliphatic carbocycles. The molecule has 0 amide bonds. The molecule has 0 spiro atoms. The minimum atomic E-state index is 0.878. The van der Waals surface area contributed by atoms with Gasteiger partial charge in [0, 0.05) is 119 Å². The van der Waals surface area contributed by atoms with Crippen molar-refractivity contribution in [1.29, 1.82) is 0 Å². The first-order valence-electron chi connectivity index (χ1n) is 52.5. The average molecular weight is 1950 g/mol. The Morgan fingerprint density at radius 2 is 0.387 bits per heavy atom. The van der Waals surface area contributed by atoms with Gasteiger partial charge in [0.05, 0.1) is 68.9 Å². The van der Waals surface area contributed by atoms with E-state index in [1.54, 1.807) is 0 Å².